The van der Waals surface area contributed by atoms with Crippen LogP contribution in [0.2, 0.25) is 0 Å². The maximum absolute atomic E-state index is 12.4. The molecule has 0 atom stereocenters. The molecule has 2 aromatic carbocycles. The summed E-state index contributed by atoms with van der Waals surface area (Å²) in [6, 6.07) is 15.6. The number of amides is 2. The van der Waals surface area contributed by atoms with Crippen molar-refractivity contribution in [2.75, 3.05) is 26.3 Å². The van der Waals surface area contributed by atoms with Crippen LogP contribution in [0.5, 0.6) is 5.75 Å². The van der Waals surface area contributed by atoms with E-state index in [2.05, 4.69) is 25.2 Å². The number of benzene rings is 2. The van der Waals surface area contributed by atoms with Crippen molar-refractivity contribution in [3.63, 3.8) is 0 Å². The number of aromatic hydroxyl groups is 1. The third kappa shape index (κ3) is 7.21. The molecule has 37 heavy (non-hydrogen) atoms. The predicted octanol–water partition coefficient (Wildman–Crippen LogP) is 5.75. The Morgan fingerprint density at radius 3 is 2.62 bits per heavy atom. The lowest BCUT2D eigenvalue weighted by molar-refractivity contribution is -0.135. The van der Waals surface area contributed by atoms with Crippen molar-refractivity contribution < 1.29 is 19.4 Å². The number of carbonyl (C=O) groups excluding carboxylic acids is 2. The van der Waals surface area contributed by atoms with E-state index in [1.54, 1.807) is 0 Å². The molecular weight excluding hydrogens is 484 g/mol. The first-order valence-electron chi connectivity index (χ1n) is 12.9. The van der Waals surface area contributed by atoms with Crippen LogP contribution in [0, 0.1) is 0 Å². The van der Waals surface area contributed by atoms with E-state index >= 15 is 0 Å². The molecule has 0 spiro atoms. The number of thiophene rings is 1. The van der Waals surface area contributed by atoms with Crippen LogP contribution < -0.4 is 5.32 Å². The number of carbonyl (C=O) groups is 2. The lowest BCUT2D eigenvalue weighted by Crippen LogP contribution is -2.40. The quantitative estimate of drug-likeness (QED) is 0.334. The van der Waals surface area contributed by atoms with Gasteiger partial charge in [-0.05, 0) is 58.5 Å². The van der Waals surface area contributed by atoms with Crippen molar-refractivity contribution >= 4 is 23.2 Å². The van der Waals surface area contributed by atoms with Gasteiger partial charge in [0.05, 0.1) is 13.2 Å². The van der Waals surface area contributed by atoms with Crippen LogP contribution >= 0.6 is 11.3 Å². The number of phenolic OH excluding ortho intramolecular Hbond substituents is 1. The number of rotatable bonds is 10. The van der Waals surface area contributed by atoms with Crippen LogP contribution in [0.1, 0.15) is 61.0 Å². The largest absolute Gasteiger partial charge is 0.507 e. The van der Waals surface area contributed by atoms with E-state index in [0.717, 1.165) is 41.5 Å². The molecule has 2 amide bonds. The standard InChI is InChI=1S/C30H36N2O4S/c1-30(2,12-4-3-8-28(34)32-13-15-36-16-14-32)25-9-10-26(27(33)19-25)23-7-5-6-22(18-23)20-31-29(35)24-11-17-37-21-24/h5-7,9-11,17-19,21,33H,3-4,8,12-16,20H2,1-2H3,(H,31,35). The minimum absolute atomic E-state index is 0.0912. The molecule has 4 rings (SSSR count). The molecule has 3 aromatic rings. The van der Waals surface area contributed by atoms with Crippen LogP contribution in [0.4, 0.5) is 0 Å². The first-order valence-corrected chi connectivity index (χ1v) is 13.9. The fraction of sp³-hybridized carbons (Fsp3) is 0.400. The second-order valence-corrected chi connectivity index (χ2v) is 11.0. The van der Waals surface area contributed by atoms with Gasteiger partial charge < -0.3 is 20.1 Å². The summed E-state index contributed by atoms with van der Waals surface area (Å²) in [4.78, 5) is 26.5. The van der Waals surface area contributed by atoms with Crippen LogP contribution in [0.3, 0.4) is 0 Å². The van der Waals surface area contributed by atoms with Crippen LogP contribution in [0.25, 0.3) is 11.1 Å². The summed E-state index contributed by atoms with van der Waals surface area (Å²) in [5, 5.41) is 17.6. The van der Waals surface area contributed by atoms with Gasteiger partial charge in [0.15, 0.2) is 0 Å². The minimum Gasteiger partial charge on any atom is -0.507 e. The third-order valence-corrected chi connectivity index (χ3v) is 7.74. The highest BCUT2D eigenvalue weighted by atomic mass is 32.1. The fourth-order valence-electron chi connectivity index (χ4n) is 4.68. The number of nitrogens with one attached hydrogen (secondary N) is 1. The summed E-state index contributed by atoms with van der Waals surface area (Å²) in [6.07, 6.45) is 3.32. The van der Waals surface area contributed by atoms with Crippen LogP contribution in [-0.2, 0) is 21.5 Å². The molecule has 0 aliphatic carbocycles. The van der Waals surface area contributed by atoms with E-state index in [-0.39, 0.29) is 23.0 Å². The zero-order valence-electron chi connectivity index (χ0n) is 21.7. The Hall–Kier alpha value is -3.16. The molecule has 196 valence electrons. The van der Waals surface area contributed by atoms with Crippen molar-refractivity contribution in [2.45, 2.75) is 51.5 Å². The Labute approximate surface area is 223 Å². The van der Waals surface area contributed by atoms with Crippen LogP contribution in [0.15, 0.2) is 59.3 Å². The molecule has 1 saturated heterocycles. The zero-order chi connectivity index (χ0) is 26.3. The summed E-state index contributed by atoms with van der Waals surface area (Å²) in [7, 11) is 0. The highest BCUT2D eigenvalue weighted by Gasteiger charge is 2.22. The highest BCUT2D eigenvalue weighted by molar-refractivity contribution is 7.08. The Kier molecular flexibility index (Phi) is 9.00. The Morgan fingerprint density at radius 2 is 1.89 bits per heavy atom. The molecule has 0 unspecified atom stereocenters. The SMILES string of the molecule is CC(C)(CCCCC(=O)N1CCOCC1)c1ccc(-c2cccc(CNC(=O)c3ccsc3)c2)c(O)c1. The van der Waals surface area contributed by atoms with E-state index < -0.39 is 0 Å². The summed E-state index contributed by atoms with van der Waals surface area (Å²) < 4.78 is 5.32. The maximum Gasteiger partial charge on any atom is 0.252 e. The Bertz CT molecular complexity index is 1200. The maximum atomic E-state index is 12.4. The molecule has 6 nitrogen and oxygen atoms in total. The first kappa shape index (κ1) is 26.9. The van der Waals surface area contributed by atoms with Crippen molar-refractivity contribution in [3.05, 3.63) is 76.0 Å². The van der Waals surface area contributed by atoms with Gasteiger partial charge in [-0.25, -0.2) is 0 Å². The topological polar surface area (TPSA) is 78.9 Å². The third-order valence-electron chi connectivity index (χ3n) is 7.06. The molecule has 0 saturated carbocycles. The van der Waals surface area contributed by atoms with E-state index in [4.69, 9.17) is 4.74 Å². The average Bonchev–Trinajstić information content (AvgIpc) is 3.45. The molecule has 1 aliphatic heterocycles. The molecule has 2 N–H and O–H groups in total. The summed E-state index contributed by atoms with van der Waals surface area (Å²) in [5.41, 5.74) is 4.27. The molecule has 2 heterocycles. The lowest BCUT2D eigenvalue weighted by atomic mass is 9.79. The highest BCUT2D eigenvalue weighted by Crippen LogP contribution is 2.36. The molecule has 1 aromatic heterocycles. The predicted molar refractivity (Wildman–Crippen MR) is 148 cm³/mol. The lowest BCUT2D eigenvalue weighted by Gasteiger charge is -2.28. The van der Waals surface area contributed by atoms with E-state index in [0.29, 0.717) is 44.8 Å². The minimum atomic E-state index is -0.119. The van der Waals surface area contributed by atoms with Gasteiger partial charge in [0.25, 0.3) is 5.91 Å². The number of hydrogen-bond donors (Lipinski definition) is 2. The van der Waals surface area contributed by atoms with Crippen molar-refractivity contribution in [1.82, 2.24) is 10.2 Å². The second-order valence-electron chi connectivity index (χ2n) is 10.2. The summed E-state index contributed by atoms with van der Waals surface area (Å²) >= 11 is 1.50. The van der Waals surface area contributed by atoms with Crippen molar-refractivity contribution in [2.24, 2.45) is 0 Å². The van der Waals surface area contributed by atoms with Gasteiger partial charge in [0.1, 0.15) is 5.75 Å². The second kappa shape index (κ2) is 12.4. The van der Waals surface area contributed by atoms with E-state index in [9.17, 15) is 14.7 Å². The van der Waals surface area contributed by atoms with Gasteiger partial charge >= 0.3 is 0 Å². The average molecular weight is 521 g/mol. The molecular formula is C30H36N2O4S. The first-order chi connectivity index (χ1) is 17.8. The Balaban J connectivity index is 1.33. The van der Waals surface area contributed by atoms with Crippen molar-refractivity contribution in [1.29, 1.82) is 0 Å². The summed E-state index contributed by atoms with van der Waals surface area (Å²) in [6.45, 7) is 7.45. The number of unbranched alkanes of at least 4 members (excludes halogenated alkanes) is 1. The van der Waals surface area contributed by atoms with Gasteiger partial charge in [-0.1, -0.05) is 50.6 Å². The summed E-state index contributed by atoms with van der Waals surface area (Å²) in [5.74, 6) is 0.371. The number of morpholine rings is 1. The van der Waals surface area contributed by atoms with Crippen molar-refractivity contribution in [3.8, 4) is 16.9 Å². The molecule has 7 heteroatoms. The number of hydrogen-bond acceptors (Lipinski definition) is 5. The molecule has 1 fully saturated rings. The molecule has 0 radical (unpaired) electrons. The number of ether oxygens (including phenoxy) is 1. The van der Waals surface area contributed by atoms with Gasteiger partial charge in [-0.3, -0.25) is 9.59 Å². The van der Waals surface area contributed by atoms with E-state index in [1.807, 2.05) is 58.1 Å². The van der Waals surface area contributed by atoms with Gasteiger partial charge in [-0.2, -0.15) is 11.3 Å². The van der Waals surface area contributed by atoms with Gasteiger partial charge in [-0.15, -0.1) is 0 Å². The van der Waals surface area contributed by atoms with E-state index in [1.165, 1.54) is 11.3 Å². The number of phenols is 1. The normalized spacial score (nSPS) is 13.9. The monoisotopic (exact) mass is 520 g/mol. The van der Waals surface area contributed by atoms with Gasteiger partial charge in [0.2, 0.25) is 5.91 Å². The van der Waals surface area contributed by atoms with Gasteiger partial charge in [0, 0.05) is 42.6 Å². The molecule has 0 bridgehead atoms. The fourth-order valence-corrected chi connectivity index (χ4v) is 5.32. The number of nitrogens with zero attached hydrogens (tertiary/aromatic N) is 1. The smallest absolute Gasteiger partial charge is 0.252 e. The zero-order valence-corrected chi connectivity index (χ0v) is 22.5. The molecule has 1 aliphatic rings. The van der Waals surface area contributed by atoms with Crippen LogP contribution in [-0.4, -0.2) is 48.1 Å². The Morgan fingerprint density at radius 1 is 1.08 bits per heavy atom.